The van der Waals surface area contributed by atoms with Crippen LogP contribution in [-0.4, -0.2) is 61.1 Å². The van der Waals surface area contributed by atoms with Gasteiger partial charge in [0.05, 0.1) is 23.4 Å². The van der Waals surface area contributed by atoms with E-state index in [1.165, 1.54) is 24.3 Å². The lowest BCUT2D eigenvalue weighted by Crippen LogP contribution is -2.34. The minimum Gasteiger partial charge on any atom is -0.497 e. The van der Waals surface area contributed by atoms with Crippen LogP contribution in [-0.2, 0) is 24.8 Å². The van der Waals surface area contributed by atoms with Crippen LogP contribution < -0.4 is 13.8 Å². The number of nitrogens with one attached hydrogen (secondary N) is 1. The van der Waals surface area contributed by atoms with Gasteiger partial charge in [0.1, 0.15) is 5.75 Å². The van der Waals surface area contributed by atoms with Crippen molar-refractivity contribution in [1.29, 1.82) is 0 Å². The van der Waals surface area contributed by atoms with E-state index in [4.69, 9.17) is 4.74 Å². The second-order valence-electron chi connectivity index (χ2n) is 7.32. The molecule has 0 saturated carbocycles. The molecule has 0 aromatic heterocycles. The Kier molecular flexibility index (Phi) is 6.70. The number of benzene rings is 2. The largest absolute Gasteiger partial charge is 0.497 e. The number of amides is 1. The first-order chi connectivity index (χ1) is 14.5. The molecule has 168 valence electrons. The van der Waals surface area contributed by atoms with Gasteiger partial charge in [0, 0.05) is 19.0 Å². The van der Waals surface area contributed by atoms with Crippen LogP contribution in [0, 0.1) is 0 Å². The number of ether oxygens (including phenoxy) is 1. The highest BCUT2D eigenvalue weighted by Gasteiger charge is 2.36. The Morgan fingerprint density at radius 1 is 1.10 bits per heavy atom. The van der Waals surface area contributed by atoms with Gasteiger partial charge >= 0.3 is 0 Å². The van der Waals surface area contributed by atoms with Gasteiger partial charge in [-0.3, -0.25) is 4.79 Å². The molecule has 1 amide bonds. The Hall–Kier alpha value is -2.47. The number of sulfonamides is 2. The number of carbonyl (C=O) groups is 1. The molecular weight excluding hydrogens is 442 g/mol. The summed E-state index contributed by atoms with van der Waals surface area (Å²) in [5.41, 5.74) is 1.05. The Balaban J connectivity index is 1.75. The summed E-state index contributed by atoms with van der Waals surface area (Å²) in [6.07, 6.45) is -0.0821. The minimum absolute atomic E-state index is 0.0208. The molecule has 11 heteroatoms. The quantitative estimate of drug-likeness (QED) is 0.623. The van der Waals surface area contributed by atoms with E-state index in [9.17, 15) is 21.6 Å². The molecule has 1 N–H and O–H groups in total. The predicted molar refractivity (Wildman–Crippen MR) is 117 cm³/mol. The standard InChI is InChI=1S/C20H25N3O6S2/c1-22(2)19(15-4-8-17(29-3)9-5-15)14-21-31(27,28)18-10-6-16(7-11-18)23-20(24)12-13-30(23,25)26/h4-11,19,21H,12-14H2,1-3H3. The number of likely N-dealkylation sites (N-methyl/N-ethyl adjacent to an activating group) is 1. The van der Waals surface area contributed by atoms with Crippen molar-refractivity contribution in [2.75, 3.05) is 37.8 Å². The first-order valence-electron chi connectivity index (χ1n) is 9.51. The van der Waals surface area contributed by atoms with Gasteiger partial charge in [-0.2, -0.15) is 0 Å². The van der Waals surface area contributed by atoms with Crippen LogP contribution in [0.4, 0.5) is 5.69 Å². The van der Waals surface area contributed by atoms with Crippen molar-refractivity contribution in [3.05, 3.63) is 54.1 Å². The minimum atomic E-state index is -3.85. The summed E-state index contributed by atoms with van der Waals surface area (Å²) in [4.78, 5) is 13.8. The van der Waals surface area contributed by atoms with Crippen LogP contribution in [0.25, 0.3) is 0 Å². The molecule has 0 spiro atoms. The summed E-state index contributed by atoms with van der Waals surface area (Å²) >= 11 is 0. The molecule has 9 nitrogen and oxygen atoms in total. The maximum Gasteiger partial charge on any atom is 0.242 e. The van der Waals surface area contributed by atoms with Crippen molar-refractivity contribution in [3.8, 4) is 5.75 Å². The van der Waals surface area contributed by atoms with E-state index < -0.39 is 26.0 Å². The number of hydrogen-bond acceptors (Lipinski definition) is 7. The zero-order chi connectivity index (χ0) is 22.8. The number of hydrogen-bond donors (Lipinski definition) is 1. The topological polar surface area (TPSA) is 113 Å². The lowest BCUT2D eigenvalue weighted by Gasteiger charge is -2.25. The fraction of sp³-hybridized carbons (Fsp3) is 0.350. The molecule has 1 atom stereocenters. The first-order valence-corrected chi connectivity index (χ1v) is 12.6. The van der Waals surface area contributed by atoms with Gasteiger partial charge in [-0.25, -0.2) is 25.9 Å². The summed E-state index contributed by atoms with van der Waals surface area (Å²) in [5.74, 6) is -0.0625. The number of methoxy groups -OCH3 is 1. The van der Waals surface area contributed by atoms with Crippen molar-refractivity contribution in [1.82, 2.24) is 9.62 Å². The van der Waals surface area contributed by atoms with Gasteiger partial charge < -0.3 is 9.64 Å². The van der Waals surface area contributed by atoms with Crippen molar-refractivity contribution in [3.63, 3.8) is 0 Å². The maximum absolute atomic E-state index is 12.8. The Morgan fingerprint density at radius 2 is 1.71 bits per heavy atom. The zero-order valence-electron chi connectivity index (χ0n) is 17.5. The number of anilines is 1. The number of carbonyl (C=O) groups excluding carboxylic acids is 1. The second-order valence-corrected chi connectivity index (χ2v) is 11.0. The molecule has 1 saturated heterocycles. The molecule has 1 heterocycles. The Labute approximate surface area is 182 Å². The summed E-state index contributed by atoms with van der Waals surface area (Å²) in [6.45, 7) is 0.127. The van der Waals surface area contributed by atoms with Gasteiger partial charge in [-0.05, 0) is 56.1 Å². The lowest BCUT2D eigenvalue weighted by atomic mass is 10.1. The predicted octanol–water partition coefficient (Wildman–Crippen LogP) is 1.34. The highest BCUT2D eigenvalue weighted by molar-refractivity contribution is 7.94. The summed E-state index contributed by atoms with van der Waals surface area (Å²) in [7, 11) is -2.26. The van der Waals surface area contributed by atoms with Crippen molar-refractivity contribution in [2.45, 2.75) is 17.4 Å². The third-order valence-electron chi connectivity index (χ3n) is 5.05. The van der Waals surface area contributed by atoms with Crippen LogP contribution in [0.3, 0.4) is 0 Å². The van der Waals surface area contributed by atoms with Crippen molar-refractivity contribution < 1.29 is 26.4 Å². The smallest absolute Gasteiger partial charge is 0.242 e. The van der Waals surface area contributed by atoms with Crippen LogP contribution >= 0.6 is 0 Å². The van der Waals surface area contributed by atoms with Crippen LogP contribution in [0.5, 0.6) is 5.75 Å². The van der Waals surface area contributed by atoms with Gasteiger partial charge in [0.2, 0.25) is 26.0 Å². The molecule has 0 bridgehead atoms. The normalized spacial score (nSPS) is 17.2. The molecule has 31 heavy (non-hydrogen) atoms. The maximum atomic E-state index is 12.8. The van der Waals surface area contributed by atoms with Crippen molar-refractivity contribution in [2.24, 2.45) is 0 Å². The van der Waals surface area contributed by atoms with E-state index in [0.29, 0.717) is 5.75 Å². The molecule has 2 aromatic rings. The van der Waals surface area contributed by atoms with E-state index in [0.717, 1.165) is 9.87 Å². The van der Waals surface area contributed by atoms with Crippen LogP contribution in [0.15, 0.2) is 53.4 Å². The van der Waals surface area contributed by atoms with Crippen molar-refractivity contribution >= 4 is 31.6 Å². The molecule has 1 fully saturated rings. The summed E-state index contributed by atoms with van der Waals surface area (Å²) in [6, 6.07) is 12.4. The second kappa shape index (κ2) is 8.95. The third kappa shape index (κ3) is 5.06. The first kappa shape index (κ1) is 23.2. The fourth-order valence-electron chi connectivity index (χ4n) is 3.33. The molecule has 0 radical (unpaired) electrons. The summed E-state index contributed by atoms with van der Waals surface area (Å²) < 4.78 is 58.1. The van der Waals surface area contributed by atoms with Gasteiger partial charge in [-0.15, -0.1) is 0 Å². The molecule has 1 aliphatic heterocycles. The lowest BCUT2D eigenvalue weighted by molar-refractivity contribution is -0.116. The van der Waals surface area contributed by atoms with Gasteiger partial charge in [0.15, 0.2) is 0 Å². The van der Waals surface area contributed by atoms with E-state index in [1.807, 2.05) is 43.3 Å². The summed E-state index contributed by atoms with van der Waals surface area (Å²) in [5, 5.41) is 0. The van der Waals surface area contributed by atoms with Crippen LogP contribution in [0.2, 0.25) is 0 Å². The average molecular weight is 468 g/mol. The molecule has 0 aliphatic carbocycles. The monoisotopic (exact) mass is 467 g/mol. The molecular formula is C20H25N3O6S2. The molecule has 3 rings (SSSR count). The fourth-order valence-corrected chi connectivity index (χ4v) is 5.82. The molecule has 1 aliphatic rings. The molecule has 2 aromatic carbocycles. The van der Waals surface area contributed by atoms with Crippen LogP contribution in [0.1, 0.15) is 18.0 Å². The number of rotatable bonds is 8. The Bertz CT molecular complexity index is 1140. The third-order valence-corrected chi connectivity index (χ3v) is 8.18. The zero-order valence-corrected chi connectivity index (χ0v) is 19.1. The SMILES string of the molecule is COc1ccc(C(CNS(=O)(=O)c2ccc(N3C(=O)CCS3(=O)=O)cc2)N(C)C)cc1. The van der Waals surface area contributed by atoms with E-state index in [1.54, 1.807) is 7.11 Å². The van der Waals surface area contributed by atoms with E-state index >= 15 is 0 Å². The highest BCUT2D eigenvalue weighted by atomic mass is 32.2. The molecule has 1 unspecified atom stereocenters. The average Bonchev–Trinajstić information content (AvgIpc) is 3.00. The van der Waals surface area contributed by atoms with Gasteiger partial charge in [0.25, 0.3) is 0 Å². The van der Waals surface area contributed by atoms with E-state index in [2.05, 4.69) is 4.72 Å². The van der Waals surface area contributed by atoms with E-state index in [-0.39, 0.29) is 35.3 Å². The van der Waals surface area contributed by atoms with Gasteiger partial charge in [-0.1, -0.05) is 12.1 Å². The highest BCUT2D eigenvalue weighted by Crippen LogP contribution is 2.26. The Morgan fingerprint density at radius 3 is 2.19 bits per heavy atom. The number of nitrogens with zero attached hydrogens (tertiary/aromatic N) is 2.